The van der Waals surface area contributed by atoms with Crippen molar-refractivity contribution in [2.24, 2.45) is 0 Å². The van der Waals surface area contributed by atoms with E-state index in [1.165, 1.54) is 29.2 Å². The van der Waals surface area contributed by atoms with Crippen LogP contribution in [0, 0.1) is 0 Å². The summed E-state index contributed by atoms with van der Waals surface area (Å²) in [6.45, 7) is 0. The molecule has 1 saturated carbocycles. The molecule has 2 aromatic rings. The standard InChI is InChI=1S/C13H12/c1-2-4-12-9-13(11-5-6-11)8-7-10(12)3-1/h1-4,7-9,11H,5-6H2. The lowest BCUT2D eigenvalue weighted by molar-refractivity contribution is 1.14. The molecule has 0 aliphatic heterocycles. The van der Waals surface area contributed by atoms with Crippen LogP contribution in [-0.4, -0.2) is 0 Å². The Bertz CT molecular complexity index is 438. The Morgan fingerprint density at radius 1 is 0.846 bits per heavy atom. The van der Waals surface area contributed by atoms with E-state index < -0.39 is 0 Å². The average molecular weight is 168 g/mol. The summed E-state index contributed by atoms with van der Waals surface area (Å²) in [7, 11) is 0. The molecule has 0 saturated heterocycles. The van der Waals surface area contributed by atoms with E-state index in [1.807, 2.05) is 0 Å². The molecule has 3 rings (SSSR count). The van der Waals surface area contributed by atoms with Gasteiger partial charge in [0.1, 0.15) is 0 Å². The highest BCUT2D eigenvalue weighted by Crippen LogP contribution is 2.40. The highest BCUT2D eigenvalue weighted by Gasteiger charge is 2.23. The molecule has 0 heterocycles. The van der Waals surface area contributed by atoms with Crippen LogP contribution in [0.15, 0.2) is 42.5 Å². The zero-order valence-corrected chi connectivity index (χ0v) is 7.53. The van der Waals surface area contributed by atoms with E-state index in [1.54, 1.807) is 0 Å². The molecule has 0 nitrogen and oxygen atoms in total. The predicted molar refractivity (Wildman–Crippen MR) is 55.9 cm³/mol. The molecule has 0 spiro atoms. The summed E-state index contributed by atoms with van der Waals surface area (Å²) in [6.07, 6.45) is 2.77. The van der Waals surface area contributed by atoms with Gasteiger partial charge in [0.05, 0.1) is 0 Å². The number of benzene rings is 2. The van der Waals surface area contributed by atoms with Crippen molar-refractivity contribution in [3.05, 3.63) is 48.0 Å². The largest absolute Gasteiger partial charge is 0.0616 e. The molecule has 64 valence electrons. The topological polar surface area (TPSA) is 0 Å². The minimum Gasteiger partial charge on any atom is -0.0616 e. The van der Waals surface area contributed by atoms with E-state index in [0.29, 0.717) is 0 Å². The quantitative estimate of drug-likeness (QED) is 0.608. The summed E-state index contributed by atoms with van der Waals surface area (Å²) in [5.74, 6) is 0.865. The first-order chi connectivity index (χ1) is 6.43. The zero-order chi connectivity index (χ0) is 8.67. The van der Waals surface area contributed by atoms with Crippen LogP contribution >= 0.6 is 0 Å². The lowest BCUT2D eigenvalue weighted by Crippen LogP contribution is -1.78. The third-order valence-corrected chi connectivity index (χ3v) is 2.82. The summed E-state index contributed by atoms with van der Waals surface area (Å²) < 4.78 is 0. The fraction of sp³-hybridized carbons (Fsp3) is 0.231. The molecule has 0 radical (unpaired) electrons. The van der Waals surface area contributed by atoms with Crippen molar-refractivity contribution in [3.63, 3.8) is 0 Å². The van der Waals surface area contributed by atoms with Gasteiger partial charge < -0.3 is 0 Å². The SMILES string of the molecule is c1ccc2cc(C3CC3)ccc2c1. The molecule has 13 heavy (non-hydrogen) atoms. The van der Waals surface area contributed by atoms with Gasteiger partial charge in [0.2, 0.25) is 0 Å². The van der Waals surface area contributed by atoms with Crippen molar-refractivity contribution in [1.29, 1.82) is 0 Å². The molecular weight excluding hydrogens is 156 g/mol. The van der Waals surface area contributed by atoms with Gasteiger partial charge in [-0.05, 0) is 35.1 Å². The maximum atomic E-state index is 2.34. The Morgan fingerprint density at radius 3 is 2.38 bits per heavy atom. The molecule has 0 unspecified atom stereocenters. The Hall–Kier alpha value is -1.30. The van der Waals surface area contributed by atoms with Gasteiger partial charge in [-0.1, -0.05) is 42.5 Å². The van der Waals surface area contributed by atoms with Gasteiger partial charge in [0.15, 0.2) is 0 Å². The van der Waals surface area contributed by atoms with Gasteiger partial charge in [0.25, 0.3) is 0 Å². The molecular formula is C13H12. The number of fused-ring (bicyclic) bond motifs is 1. The van der Waals surface area contributed by atoms with Crippen LogP contribution in [0.1, 0.15) is 24.3 Å². The van der Waals surface area contributed by atoms with Gasteiger partial charge >= 0.3 is 0 Å². The number of rotatable bonds is 1. The molecule has 0 aromatic heterocycles. The lowest BCUT2D eigenvalue weighted by atomic mass is 10.0. The predicted octanol–water partition coefficient (Wildman–Crippen LogP) is 3.72. The van der Waals surface area contributed by atoms with E-state index in [9.17, 15) is 0 Å². The molecule has 0 heteroatoms. The van der Waals surface area contributed by atoms with Crippen LogP contribution < -0.4 is 0 Å². The monoisotopic (exact) mass is 168 g/mol. The summed E-state index contributed by atoms with van der Waals surface area (Å²) in [5.41, 5.74) is 1.53. The molecule has 1 fully saturated rings. The maximum Gasteiger partial charge on any atom is -0.0161 e. The lowest BCUT2D eigenvalue weighted by Gasteiger charge is -2.00. The first-order valence-electron chi connectivity index (χ1n) is 4.92. The van der Waals surface area contributed by atoms with Gasteiger partial charge in [-0.2, -0.15) is 0 Å². The van der Waals surface area contributed by atoms with Crippen LogP contribution in [0.4, 0.5) is 0 Å². The molecule has 0 amide bonds. The summed E-state index contributed by atoms with van der Waals surface area (Å²) >= 11 is 0. The molecule has 0 N–H and O–H groups in total. The van der Waals surface area contributed by atoms with Crippen LogP contribution in [0.25, 0.3) is 10.8 Å². The molecule has 0 bridgehead atoms. The second kappa shape index (κ2) is 2.59. The van der Waals surface area contributed by atoms with Gasteiger partial charge in [-0.15, -0.1) is 0 Å². The first kappa shape index (κ1) is 7.14. The molecule has 1 aliphatic rings. The van der Waals surface area contributed by atoms with E-state index in [0.717, 1.165) is 5.92 Å². The van der Waals surface area contributed by atoms with Crippen molar-refractivity contribution >= 4 is 10.8 Å². The first-order valence-corrected chi connectivity index (χ1v) is 4.92. The minimum atomic E-state index is 0.865. The van der Waals surface area contributed by atoms with Crippen molar-refractivity contribution in [1.82, 2.24) is 0 Å². The second-order valence-electron chi connectivity index (χ2n) is 3.88. The fourth-order valence-corrected chi connectivity index (χ4v) is 1.88. The van der Waals surface area contributed by atoms with E-state index in [4.69, 9.17) is 0 Å². The fourth-order valence-electron chi connectivity index (χ4n) is 1.88. The minimum absolute atomic E-state index is 0.865. The van der Waals surface area contributed by atoms with Crippen molar-refractivity contribution in [3.8, 4) is 0 Å². The Morgan fingerprint density at radius 2 is 1.62 bits per heavy atom. The van der Waals surface area contributed by atoms with E-state index in [2.05, 4.69) is 42.5 Å². The summed E-state index contributed by atoms with van der Waals surface area (Å²) in [6, 6.07) is 15.4. The normalized spacial score (nSPS) is 16.3. The highest BCUT2D eigenvalue weighted by molar-refractivity contribution is 5.83. The number of hydrogen-bond acceptors (Lipinski definition) is 0. The van der Waals surface area contributed by atoms with Gasteiger partial charge in [-0.25, -0.2) is 0 Å². The van der Waals surface area contributed by atoms with Crippen LogP contribution in [0.2, 0.25) is 0 Å². The maximum absolute atomic E-state index is 2.34. The van der Waals surface area contributed by atoms with Crippen molar-refractivity contribution in [2.75, 3.05) is 0 Å². The summed E-state index contributed by atoms with van der Waals surface area (Å²) in [4.78, 5) is 0. The third-order valence-electron chi connectivity index (χ3n) is 2.82. The van der Waals surface area contributed by atoms with Gasteiger partial charge in [-0.3, -0.25) is 0 Å². The molecule has 2 aromatic carbocycles. The Balaban J connectivity index is 2.21. The smallest absolute Gasteiger partial charge is 0.0161 e. The third kappa shape index (κ3) is 1.23. The number of hydrogen-bond donors (Lipinski definition) is 0. The Labute approximate surface area is 78.2 Å². The van der Waals surface area contributed by atoms with E-state index >= 15 is 0 Å². The van der Waals surface area contributed by atoms with Crippen LogP contribution in [-0.2, 0) is 0 Å². The van der Waals surface area contributed by atoms with Crippen LogP contribution in [0.5, 0.6) is 0 Å². The molecule has 1 aliphatic carbocycles. The zero-order valence-electron chi connectivity index (χ0n) is 7.53. The average Bonchev–Trinajstić information content (AvgIpc) is 3.00. The van der Waals surface area contributed by atoms with Crippen molar-refractivity contribution in [2.45, 2.75) is 18.8 Å². The van der Waals surface area contributed by atoms with Crippen molar-refractivity contribution < 1.29 is 0 Å². The summed E-state index contributed by atoms with van der Waals surface area (Å²) in [5, 5.41) is 2.74. The van der Waals surface area contributed by atoms with Crippen LogP contribution in [0.3, 0.4) is 0 Å². The molecule has 0 atom stereocenters. The van der Waals surface area contributed by atoms with E-state index in [-0.39, 0.29) is 0 Å². The van der Waals surface area contributed by atoms with Gasteiger partial charge in [0, 0.05) is 0 Å². The highest BCUT2D eigenvalue weighted by atomic mass is 14.3. The Kier molecular flexibility index (Phi) is 1.42. The second-order valence-corrected chi connectivity index (χ2v) is 3.88.